The summed E-state index contributed by atoms with van der Waals surface area (Å²) >= 11 is 0. The Morgan fingerprint density at radius 2 is 1.59 bits per heavy atom. The first-order valence-electron chi connectivity index (χ1n) is 9.27. The van der Waals surface area contributed by atoms with Gasteiger partial charge in [-0.2, -0.15) is 0 Å². The monoisotopic (exact) mass is 389 g/mol. The van der Waals surface area contributed by atoms with Crippen molar-refractivity contribution in [2.45, 2.75) is 26.8 Å². The van der Waals surface area contributed by atoms with Gasteiger partial charge in [-0.1, -0.05) is 36.4 Å². The minimum absolute atomic E-state index is 0.0109. The van der Waals surface area contributed by atoms with Gasteiger partial charge in [0.2, 0.25) is 11.9 Å². The Kier molecular flexibility index (Phi) is 6.19. The molecule has 1 aromatic heterocycles. The number of carbonyl (C=O) groups is 2. The molecule has 0 aliphatic rings. The number of amides is 2. The molecule has 7 heteroatoms. The molecule has 2 aromatic carbocycles. The summed E-state index contributed by atoms with van der Waals surface area (Å²) < 4.78 is 0. The summed E-state index contributed by atoms with van der Waals surface area (Å²) in [6.07, 6.45) is 0. The molecule has 3 N–H and O–H groups in total. The molecule has 29 heavy (non-hydrogen) atoms. The molecule has 3 aromatic rings. The first-order chi connectivity index (χ1) is 13.9. The topological polar surface area (TPSA) is 96.0 Å². The van der Waals surface area contributed by atoms with E-state index in [-0.39, 0.29) is 23.6 Å². The number of aromatic nitrogens is 2. The van der Waals surface area contributed by atoms with Gasteiger partial charge in [-0.05, 0) is 43.7 Å². The van der Waals surface area contributed by atoms with Gasteiger partial charge in [0.25, 0.3) is 5.91 Å². The van der Waals surface area contributed by atoms with Crippen LogP contribution in [0.2, 0.25) is 0 Å². The highest BCUT2D eigenvalue weighted by molar-refractivity contribution is 6.03. The lowest BCUT2D eigenvalue weighted by molar-refractivity contribution is -0.114. The molecule has 0 saturated carbocycles. The van der Waals surface area contributed by atoms with Crippen LogP contribution in [0.1, 0.15) is 41.6 Å². The molecule has 1 unspecified atom stereocenters. The molecule has 0 aliphatic carbocycles. The second-order valence-electron chi connectivity index (χ2n) is 6.71. The normalized spacial score (nSPS) is 11.4. The standard InChI is InChI=1S/C22H23N5O2/c1-14-12-20(21(29)26-19-11-7-10-18(13-19)25-16(3)28)27-22(23-14)24-15(2)17-8-5-4-6-9-17/h4-13,15H,1-3H3,(H,25,28)(H,26,29)(H,23,24,27). The molecule has 1 atom stereocenters. The molecule has 7 nitrogen and oxygen atoms in total. The predicted molar refractivity (Wildman–Crippen MR) is 114 cm³/mol. The maximum atomic E-state index is 12.7. The summed E-state index contributed by atoms with van der Waals surface area (Å²) in [6.45, 7) is 5.25. The highest BCUT2D eigenvalue weighted by Crippen LogP contribution is 2.19. The Labute approximate surface area is 169 Å². The van der Waals surface area contributed by atoms with Crippen LogP contribution < -0.4 is 16.0 Å². The Bertz CT molecular complexity index is 1020. The number of hydrogen-bond acceptors (Lipinski definition) is 5. The number of benzene rings is 2. The minimum atomic E-state index is -0.356. The van der Waals surface area contributed by atoms with Crippen molar-refractivity contribution in [3.8, 4) is 0 Å². The van der Waals surface area contributed by atoms with Crippen LogP contribution in [0.15, 0.2) is 60.7 Å². The average Bonchev–Trinajstić information content (AvgIpc) is 2.68. The smallest absolute Gasteiger partial charge is 0.274 e. The van der Waals surface area contributed by atoms with Gasteiger partial charge in [-0.15, -0.1) is 0 Å². The van der Waals surface area contributed by atoms with E-state index < -0.39 is 0 Å². The second kappa shape index (κ2) is 8.97. The first-order valence-corrected chi connectivity index (χ1v) is 9.27. The molecule has 2 amide bonds. The number of hydrogen-bond donors (Lipinski definition) is 3. The van der Waals surface area contributed by atoms with E-state index in [1.807, 2.05) is 44.2 Å². The summed E-state index contributed by atoms with van der Waals surface area (Å²) in [5, 5.41) is 8.73. The third-order valence-corrected chi connectivity index (χ3v) is 4.17. The van der Waals surface area contributed by atoms with Gasteiger partial charge in [0.05, 0.1) is 6.04 Å². The fraction of sp³-hybridized carbons (Fsp3) is 0.182. The van der Waals surface area contributed by atoms with Crippen LogP contribution in [-0.2, 0) is 4.79 Å². The van der Waals surface area contributed by atoms with Crippen LogP contribution in [0.3, 0.4) is 0 Å². The van der Waals surface area contributed by atoms with Crippen molar-refractivity contribution >= 4 is 29.1 Å². The van der Waals surface area contributed by atoms with Crippen molar-refractivity contribution in [3.63, 3.8) is 0 Å². The van der Waals surface area contributed by atoms with Gasteiger partial charge in [0.1, 0.15) is 5.69 Å². The van der Waals surface area contributed by atoms with Crippen LogP contribution in [0.5, 0.6) is 0 Å². The minimum Gasteiger partial charge on any atom is -0.348 e. The van der Waals surface area contributed by atoms with Crippen LogP contribution in [0, 0.1) is 6.92 Å². The number of nitrogens with one attached hydrogen (secondary N) is 3. The molecule has 0 aliphatic heterocycles. The van der Waals surface area contributed by atoms with Crippen molar-refractivity contribution < 1.29 is 9.59 Å². The molecule has 3 rings (SSSR count). The third kappa shape index (κ3) is 5.62. The molecule has 0 spiro atoms. The van der Waals surface area contributed by atoms with E-state index in [9.17, 15) is 9.59 Å². The SMILES string of the molecule is CC(=O)Nc1cccc(NC(=O)c2cc(C)nc(NC(C)c3ccccc3)n2)c1. The van der Waals surface area contributed by atoms with Crippen molar-refractivity contribution in [1.29, 1.82) is 0 Å². The van der Waals surface area contributed by atoms with Gasteiger partial charge in [-0.3, -0.25) is 9.59 Å². The van der Waals surface area contributed by atoms with Crippen molar-refractivity contribution in [2.75, 3.05) is 16.0 Å². The molecule has 0 bridgehead atoms. The van der Waals surface area contributed by atoms with E-state index in [4.69, 9.17) is 0 Å². The number of rotatable bonds is 6. The molecular formula is C22H23N5O2. The fourth-order valence-electron chi connectivity index (χ4n) is 2.84. The predicted octanol–water partition coefficient (Wildman–Crippen LogP) is 4.17. The maximum Gasteiger partial charge on any atom is 0.274 e. The third-order valence-electron chi connectivity index (χ3n) is 4.17. The van der Waals surface area contributed by atoms with E-state index in [0.29, 0.717) is 23.0 Å². The number of anilines is 3. The van der Waals surface area contributed by atoms with Crippen LogP contribution in [0.25, 0.3) is 0 Å². The lowest BCUT2D eigenvalue weighted by Crippen LogP contribution is -2.17. The van der Waals surface area contributed by atoms with Crippen molar-refractivity contribution in [3.05, 3.63) is 77.6 Å². The van der Waals surface area contributed by atoms with Crippen LogP contribution in [0.4, 0.5) is 17.3 Å². The van der Waals surface area contributed by atoms with Gasteiger partial charge >= 0.3 is 0 Å². The zero-order valence-electron chi connectivity index (χ0n) is 16.6. The maximum absolute atomic E-state index is 12.7. The highest BCUT2D eigenvalue weighted by Gasteiger charge is 2.13. The summed E-state index contributed by atoms with van der Waals surface area (Å²) in [7, 11) is 0. The molecule has 148 valence electrons. The average molecular weight is 389 g/mol. The first kappa shape index (κ1) is 20.0. The van der Waals surface area contributed by atoms with Crippen LogP contribution in [-0.4, -0.2) is 21.8 Å². The lowest BCUT2D eigenvalue weighted by atomic mass is 10.1. The fourth-order valence-corrected chi connectivity index (χ4v) is 2.84. The van der Waals surface area contributed by atoms with E-state index in [2.05, 4.69) is 25.9 Å². The number of nitrogens with zero attached hydrogens (tertiary/aromatic N) is 2. The van der Waals surface area contributed by atoms with E-state index >= 15 is 0 Å². The highest BCUT2D eigenvalue weighted by atomic mass is 16.2. The van der Waals surface area contributed by atoms with E-state index in [1.165, 1.54) is 6.92 Å². The Morgan fingerprint density at radius 1 is 0.897 bits per heavy atom. The second-order valence-corrected chi connectivity index (χ2v) is 6.71. The van der Waals surface area contributed by atoms with Gasteiger partial charge in [-0.25, -0.2) is 9.97 Å². The zero-order valence-corrected chi connectivity index (χ0v) is 16.6. The molecular weight excluding hydrogens is 366 g/mol. The summed E-state index contributed by atoms with van der Waals surface area (Å²) in [6, 6.07) is 18.5. The quantitative estimate of drug-likeness (QED) is 0.588. The summed E-state index contributed by atoms with van der Waals surface area (Å²) in [5.41, 5.74) is 3.20. The van der Waals surface area contributed by atoms with Crippen molar-refractivity contribution in [1.82, 2.24) is 9.97 Å². The zero-order chi connectivity index (χ0) is 20.8. The molecule has 1 heterocycles. The largest absolute Gasteiger partial charge is 0.348 e. The molecule has 0 saturated heterocycles. The molecule has 0 fully saturated rings. The van der Waals surface area contributed by atoms with Crippen molar-refractivity contribution in [2.24, 2.45) is 0 Å². The van der Waals surface area contributed by atoms with Gasteiger partial charge < -0.3 is 16.0 Å². The number of aryl methyl sites for hydroxylation is 1. The van der Waals surface area contributed by atoms with Gasteiger partial charge in [0, 0.05) is 24.0 Å². The Balaban J connectivity index is 1.75. The molecule has 0 radical (unpaired) electrons. The number of carbonyl (C=O) groups excluding carboxylic acids is 2. The van der Waals surface area contributed by atoms with Crippen LogP contribution >= 0.6 is 0 Å². The summed E-state index contributed by atoms with van der Waals surface area (Å²) in [4.78, 5) is 32.7. The van der Waals surface area contributed by atoms with Gasteiger partial charge in [0.15, 0.2) is 0 Å². The van der Waals surface area contributed by atoms with E-state index in [0.717, 1.165) is 5.56 Å². The lowest BCUT2D eigenvalue weighted by Gasteiger charge is -2.15. The summed E-state index contributed by atoms with van der Waals surface area (Å²) in [5.74, 6) is -0.146. The Morgan fingerprint density at radius 3 is 2.28 bits per heavy atom. The Hall–Kier alpha value is -3.74. The van der Waals surface area contributed by atoms with E-state index in [1.54, 1.807) is 30.3 Å².